The molecule has 1 aromatic carbocycles. The van der Waals surface area contributed by atoms with Crippen LogP contribution in [0.25, 0.3) is 11.0 Å². The van der Waals surface area contributed by atoms with Crippen molar-refractivity contribution in [2.24, 2.45) is 5.92 Å². The van der Waals surface area contributed by atoms with Crippen LogP contribution in [0, 0.1) is 12.8 Å². The molecule has 1 aliphatic heterocycles. The average Bonchev–Trinajstić information content (AvgIpc) is 2.66. The molecule has 1 aliphatic rings. The molecule has 2 heterocycles. The molecule has 0 spiro atoms. The third kappa shape index (κ3) is 3.31. The van der Waals surface area contributed by atoms with Crippen LogP contribution in [0.3, 0.4) is 0 Å². The van der Waals surface area contributed by atoms with Gasteiger partial charge in [0.15, 0.2) is 0 Å². The minimum Gasteiger partial charge on any atom is -0.496 e. The number of ether oxygens (including phenoxy) is 3. The standard InChI is InChI=1S/C20H26O7/c1-6-20(4)11(3)16(22)17(23)19(27-20)25-13-8-7-12-14(24-5)9-15(21)26-18(12)10(13)2/h7-9,11,16-17,19,22-23H,6H2,1-5H3/t11-,16-,17-,19?,20+/m1/s1. The smallest absolute Gasteiger partial charge is 0.339 e. The second-order valence-corrected chi connectivity index (χ2v) is 7.24. The van der Waals surface area contributed by atoms with Gasteiger partial charge in [0.05, 0.1) is 30.3 Å². The lowest BCUT2D eigenvalue weighted by molar-refractivity contribution is -0.291. The SMILES string of the molecule is CC[C@]1(C)OC(Oc2ccc3c(OC)cc(=O)oc3c2C)[C@H](O)[C@H](O)[C@H]1C. The van der Waals surface area contributed by atoms with E-state index < -0.39 is 29.7 Å². The van der Waals surface area contributed by atoms with Crippen LogP contribution >= 0.6 is 0 Å². The summed E-state index contributed by atoms with van der Waals surface area (Å²) in [7, 11) is 1.48. The summed E-state index contributed by atoms with van der Waals surface area (Å²) >= 11 is 0. The molecule has 0 radical (unpaired) electrons. The van der Waals surface area contributed by atoms with E-state index in [1.807, 2.05) is 20.8 Å². The van der Waals surface area contributed by atoms with Crippen molar-refractivity contribution < 1.29 is 28.8 Å². The van der Waals surface area contributed by atoms with E-state index in [1.54, 1.807) is 19.1 Å². The Kier molecular flexibility index (Phi) is 5.20. The molecule has 3 rings (SSSR count). The van der Waals surface area contributed by atoms with Gasteiger partial charge in [-0.3, -0.25) is 0 Å². The number of rotatable bonds is 4. The van der Waals surface area contributed by atoms with Gasteiger partial charge in [-0.15, -0.1) is 0 Å². The molecule has 1 fully saturated rings. The zero-order chi connectivity index (χ0) is 19.9. The molecule has 0 aliphatic carbocycles. The van der Waals surface area contributed by atoms with Gasteiger partial charge >= 0.3 is 5.63 Å². The summed E-state index contributed by atoms with van der Waals surface area (Å²) < 4.78 is 22.5. The van der Waals surface area contributed by atoms with Gasteiger partial charge < -0.3 is 28.8 Å². The highest BCUT2D eigenvalue weighted by atomic mass is 16.7. The zero-order valence-corrected chi connectivity index (χ0v) is 16.2. The lowest BCUT2D eigenvalue weighted by atomic mass is 9.79. The van der Waals surface area contributed by atoms with Gasteiger partial charge in [-0.1, -0.05) is 13.8 Å². The maximum absolute atomic E-state index is 11.8. The van der Waals surface area contributed by atoms with Gasteiger partial charge in [-0.2, -0.15) is 0 Å². The Bertz CT molecular complexity index is 890. The third-order valence-corrected chi connectivity index (χ3v) is 5.73. The number of aliphatic hydroxyl groups is 2. The summed E-state index contributed by atoms with van der Waals surface area (Å²) in [6, 6.07) is 4.69. The summed E-state index contributed by atoms with van der Waals surface area (Å²) in [6.45, 7) is 7.43. The fourth-order valence-electron chi connectivity index (χ4n) is 3.50. The lowest BCUT2D eigenvalue weighted by Gasteiger charge is -2.47. The first-order valence-electron chi connectivity index (χ1n) is 9.04. The highest BCUT2D eigenvalue weighted by Gasteiger charge is 2.49. The van der Waals surface area contributed by atoms with Gasteiger partial charge in [-0.25, -0.2) is 4.79 Å². The molecule has 0 bridgehead atoms. The van der Waals surface area contributed by atoms with Gasteiger partial charge in [-0.05, 0) is 32.4 Å². The van der Waals surface area contributed by atoms with Gasteiger partial charge in [0.1, 0.15) is 23.2 Å². The molecule has 0 saturated carbocycles. The summed E-state index contributed by atoms with van der Waals surface area (Å²) in [5.74, 6) is 0.549. The summed E-state index contributed by atoms with van der Waals surface area (Å²) in [5, 5.41) is 21.5. The molecule has 2 N–H and O–H groups in total. The van der Waals surface area contributed by atoms with Crippen molar-refractivity contribution >= 4 is 11.0 Å². The van der Waals surface area contributed by atoms with Crippen LogP contribution < -0.4 is 15.1 Å². The van der Waals surface area contributed by atoms with Crippen LogP contribution in [0.4, 0.5) is 0 Å². The molecule has 27 heavy (non-hydrogen) atoms. The third-order valence-electron chi connectivity index (χ3n) is 5.73. The minimum atomic E-state index is -1.20. The largest absolute Gasteiger partial charge is 0.496 e. The number of methoxy groups -OCH3 is 1. The molecular weight excluding hydrogens is 352 g/mol. The topological polar surface area (TPSA) is 98.4 Å². The van der Waals surface area contributed by atoms with E-state index >= 15 is 0 Å². The van der Waals surface area contributed by atoms with Gasteiger partial charge in [0.25, 0.3) is 0 Å². The van der Waals surface area contributed by atoms with Gasteiger partial charge in [0, 0.05) is 11.5 Å². The van der Waals surface area contributed by atoms with E-state index in [-0.39, 0.29) is 5.92 Å². The second-order valence-electron chi connectivity index (χ2n) is 7.24. The van der Waals surface area contributed by atoms with E-state index in [9.17, 15) is 15.0 Å². The molecule has 148 valence electrons. The molecule has 1 saturated heterocycles. The highest BCUT2D eigenvalue weighted by molar-refractivity contribution is 5.87. The molecule has 7 heteroatoms. The number of aryl methyl sites for hydroxylation is 1. The molecule has 0 amide bonds. The van der Waals surface area contributed by atoms with Crippen LogP contribution in [0.15, 0.2) is 27.4 Å². The van der Waals surface area contributed by atoms with Gasteiger partial charge in [0.2, 0.25) is 6.29 Å². The Balaban J connectivity index is 1.99. The number of hydrogen-bond donors (Lipinski definition) is 2. The van der Waals surface area contributed by atoms with Crippen LogP contribution in [0.5, 0.6) is 11.5 Å². The fourth-order valence-corrected chi connectivity index (χ4v) is 3.50. The molecule has 1 aromatic heterocycles. The van der Waals surface area contributed by atoms with E-state index in [1.165, 1.54) is 13.2 Å². The number of fused-ring (bicyclic) bond motifs is 1. The molecular formula is C20H26O7. The first-order chi connectivity index (χ1) is 12.7. The highest BCUT2D eigenvalue weighted by Crippen LogP contribution is 2.39. The van der Waals surface area contributed by atoms with Crippen LogP contribution in [-0.4, -0.2) is 41.4 Å². The Labute approximate surface area is 157 Å². The Morgan fingerprint density at radius 3 is 2.56 bits per heavy atom. The molecule has 7 nitrogen and oxygen atoms in total. The number of aliphatic hydroxyl groups excluding tert-OH is 2. The van der Waals surface area contributed by atoms with E-state index in [0.717, 1.165) is 0 Å². The van der Waals surface area contributed by atoms with E-state index in [0.29, 0.717) is 34.5 Å². The number of benzene rings is 1. The fraction of sp³-hybridized carbons (Fsp3) is 0.550. The van der Waals surface area contributed by atoms with Crippen molar-refractivity contribution in [2.45, 2.75) is 58.2 Å². The monoisotopic (exact) mass is 378 g/mol. The predicted octanol–water partition coefficient (Wildman–Crippen LogP) is 2.37. The van der Waals surface area contributed by atoms with Crippen molar-refractivity contribution in [1.82, 2.24) is 0 Å². The summed E-state index contributed by atoms with van der Waals surface area (Å²) in [5.41, 5.74) is -0.250. The first-order valence-corrected chi connectivity index (χ1v) is 9.04. The summed E-state index contributed by atoms with van der Waals surface area (Å²) in [4.78, 5) is 11.8. The predicted molar refractivity (Wildman–Crippen MR) is 99.1 cm³/mol. The van der Waals surface area contributed by atoms with E-state index in [4.69, 9.17) is 18.6 Å². The van der Waals surface area contributed by atoms with Crippen molar-refractivity contribution in [3.63, 3.8) is 0 Å². The normalized spacial score (nSPS) is 31.1. The Morgan fingerprint density at radius 1 is 1.22 bits per heavy atom. The minimum absolute atomic E-state index is 0.252. The maximum atomic E-state index is 11.8. The van der Waals surface area contributed by atoms with Crippen LogP contribution in [-0.2, 0) is 4.74 Å². The lowest BCUT2D eigenvalue weighted by Crippen LogP contribution is -2.60. The molecule has 1 unspecified atom stereocenters. The Hall–Kier alpha value is -2.09. The summed E-state index contributed by atoms with van der Waals surface area (Å²) in [6.07, 6.45) is -2.57. The molecule has 5 atom stereocenters. The van der Waals surface area contributed by atoms with Crippen LogP contribution in [0.1, 0.15) is 32.8 Å². The second kappa shape index (κ2) is 7.14. The van der Waals surface area contributed by atoms with Crippen molar-refractivity contribution in [3.05, 3.63) is 34.2 Å². The first kappa shape index (κ1) is 19.7. The maximum Gasteiger partial charge on any atom is 0.339 e. The quantitative estimate of drug-likeness (QED) is 0.788. The Morgan fingerprint density at radius 2 is 1.93 bits per heavy atom. The van der Waals surface area contributed by atoms with Crippen molar-refractivity contribution in [3.8, 4) is 11.5 Å². The van der Waals surface area contributed by atoms with Crippen LogP contribution in [0.2, 0.25) is 0 Å². The van der Waals surface area contributed by atoms with E-state index in [2.05, 4.69) is 0 Å². The van der Waals surface area contributed by atoms with Crippen molar-refractivity contribution in [2.75, 3.05) is 7.11 Å². The molecule has 2 aromatic rings. The number of hydrogen-bond acceptors (Lipinski definition) is 7. The zero-order valence-electron chi connectivity index (χ0n) is 16.2. The van der Waals surface area contributed by atoms with Crippen molar-refractivity contribution in [1.29, 1.82) is 0 Å². The average molecular weight is 378 g/mol.